The van der Waals surface area contributed by atoms with E-state index in [0.29, 0.717) is 4.90 Å². The second-order valence-electron chi connectivity index (χ2n) is 2.57. The summed E-state index contributed by atoms with van der Waals surface area (Å²) in [6.07, 6.45) is 1.48. The summed E-state index contributed by atoms with van der Waals surface area (Å²) in [4.78, 5) is 22.5. The molecule has 1 atom stereocenters. The summed E-state index contributed by atoms with van der Waals surface area (Å²) in [5, 5.41) is 9.44. The predicted molar refractivity (Wildman–Crippen MR) is 39.0 cm³/mol. The van der Waals surface area contributed by atoms with E-state index in [0.717, 1.165) is 13.2 Å². The van der Waals surface area contributed by atoms with Crippen molar-refractivity contribution in [3.05, 3.63) is 12.2 Å². The van der Waals surface area contributed by atoms with E-state index in [1.807, 2.05) is 0 Å². The van der Waals surface area contributed by atoms with E-state index in [1.54, 1.807) is 0 Å². The number of ether oxygens (including phenoxy) is 1. The highest BCUT2D eigenvalue weighted by Crippen LogP contribution is 2.20. The first kappa shape index (κ1) is 8.73. The molecular formula is C7H9NO4. The largest absolute Gasteiger partial charge is 0.452 e. The lowest BCUT2D eigenvalue weighted by Crippen LogP contribution is -2.47. The Morgan fingerprint density at radius 2 is 2.33 bits per heavy atom. The zero-order valence-electron chi connectivity index (χ0n) is 6.77. The number of rotatable bonds is 0. The molecule has 5 nitrogen and oxygen atoms in total. The van der Waals surface area contributed by atoms with E-state index in [9.17, 15) is 14.7 Å². The molecule has 0 aromatic rings. The fourth-order valence-corrected chi connectivity index (χ4v) is 0.967. The fourth-order valence-electron chi connectivity index (χ4n) is 0.967. The predicted octanol–water partition coefficient (Wildman–Crippen LogP) is -0.140. The van der Waals surface area contributed by atoms with Crippen LogP contribution in [0.25, 0.3) is 0 Å². The normalized spacial score (nSPS) is 27.9. The maximum absolute atomic E-state index is 11.0. The van der Waals surface area contributed by atoms with Crippen molar-refractivity contribution >= 4 is 12.0 Å². The minimum Gasteiger partial charge on any atom is -0.452 e. The number of nitrogens with zero attached hydrogens (tertiary/aromatic N) is 1. The number of carbonyl (C=O) groups is 2. The Hall–Kier alpha value is -1.36. The molecule has 5 heteroatoms. The topological polar surface area (TPSA) is 66.8 Å². The van der Waals surface area contributed by atoms with Gasteiger partial charge in [0.15, 0.2) is 5.72 Å². The molecule has 0 aliphatic carbocycles. The van der Waals surface area contributed by atoms with Crippen molar-refractivity contribution in [3.63, 3.8) is 0 Å². The van der Waals surface area contributed by atoms with Crippen molar-refractivity contribution < 1.29 is 19.4 Å². The quantitative estimate of drug-likeness (QED) is 0.550. The van der Waals surface area contributed by atoms with Crippen LogP contribution >= 0.6 is 0 Å². The van der Waals surface area contributed by atoms with Gasteiger partial charge < -0.3 is 9.84 Å². The number of aliphatic hydroxyl groups is 1. The lowest BCUT2D eigenvalue weighted by atomic mass is 10.3. The number of carbonyl (C=O) groups excluding carboxylic acids is 2. The SMILES string of the molecule is COC(=O)N1C(=O)C=CC1(C)O. The van der Waals surface area contributed by atoms with Gasteiger partial charge in [-0.2, -0.15) is 0 Å². The number of amides is 2. The minimum absolute atomic E-state index is 0.577. The van der Waals surface area contributed by atoms with Crippen molar-refractivity contribution in [3.8, 4) is 0 Å². The maximum atomic E-state index is 11.0. The molecule has 0 aromatic carbocycles. The van der Waals surface area contributed by atoms with Gasteiger partial charge in [0.05, 0.1) is 7.11 Å². The van der Waals surface area contributed by atoms with Gasteiger partial charge in [-0.1, -0.05) is 0 Å². The third kappa shape index (κ3) is 1.18. The van der Waals surface area contributed by atoms with E-state index >= 15 is 0 Å². The Kier molecular flexibility index (Phi) is 1.89. The van der Waals surface area contributed by atoms with E-state index in [4.69, 9.17) is 0 Å². The van der Waals surface area contributed by atoms with Gasteiger partial charge in [0.2, 0.25) is 0 Å². The Balaban J connectivity index is 2.90. The average Bonchev–Trinajstić information content (AvgIpc) is 2.25. The summed E-state index contributed by atoms with van der Waals surface area (Å²) in [6.45, 7) is 1.32. The lowest BCUT2D eigenvalue weighted by Gasteiger charge is -2.25. The van der Waals surface area contributed by atoms with Crippen LogP contribution in [0.15, 0.2) is 12.2 Å². The summed E-state index contributed by atoms with van der Waals surface area (Å²) in [5.41, 5.74) is -1.57. The van der Waals surface area contributed by atoms with Gasteiger partial charge in [0.1, 0.15) is 0 Å². The first-order valence-electron chi connectivity index (χ1n) is 3.33. The molecule has 1 rings (SSSR count). The standard InChI is InChI=1S/C7H9NO4/c1-7(11)4-3-5(9)8(7)6(10)12-2/h3-4,11H,1-2H3. The van der Waals surface area contributed by atoms with Crippen molar-refractivity contribution in [2.45, 2.75) is 12.6 Å². The molecule has 0 fully saturated rings. The fraction of sp³-hybridized carbons (Fsp3) is 0.429. The van der Waals surface area contributed by atoms with Gasteiger partial charge >= 0.3 is 6.09 Å². The van der Waals surface area contributed by atoms with E-state index in [1.165, 1.54) is 13.0 Å². The Morgan fingerprint density at radius 1 is 1.75 bits per heavy atom. The van der Waals surface area contributed by atoms with Crippen LogP contribution in [-0.2, 0) is 9.53 Å². The molecular weight excluding hydrogens is 162 g/mol. The van der Waals surface area contributed by atoms with Gasteiger partial charge in [0, 0.05) is 6.08 Å². The second-order valence-corrected chi connectivity index (χ2v) is 2.57. The highest BCUT2D eigenvalue weighted by atomic mass is 16.5. The Labute approximate surface area is 69.2 Å². The van der Waals surface area contributed by atoms with Gasteiger partial charge in [-0.25, -0.2) is 9.69 Å². The molecule has 1 aliphatic heterocycles. The van der Waals surface area contributed by atoms with Crippen molar-refractivity contribution in [2.75, 3.05) is 7.11 Å². The monoisotopic (exact) mass is 171 g/mol. The summed E-state index contributed by atoms with van der Waals surface area (Å²) < 4.78 is 4.31. The van der Waals surface area contributed by atoms with Gasteiger partial charge in [-0.05, 0) is 13.0 Å². The van der Waals surface area contributed by atoms with Gasteiger partial charge in [0.25, 0.3) is 5.91 Å². The zero-order chi connectivity index (χ0) is 9.35. The Bertz CT molecular complexity index is 256. The van der Waals surface area contributed by atoms with Gasteiger partial charge in [-0.15, -0.1) is 0 Å². The maximum Gasteiger partial charge on any atom is 0.419 e. The van der Waals surface area contributed by atoms with Crippen LogP contribution in [0.1, 0.15) is 6.92 Å². The third-order valence-electron chi connectivity index (χ3n) is 1.57. The number of methoxy groups -OCH3 is 1. The smallest absolute Gasteiger partial charge is 0.419 e. The molecule has 1 N–H and O–H groups in total. The number of hydrogen-bond donors (Lipinski definition) is 1. The summed E-state index contributed by atoms with van der Waals surface area (Å²) in [5.74, 6) is -0.577. The summed E-state index contributed by atoms with van der Waals surface area (Å²) in [6, 6.07) is 0. The first-order chi connectivity index (χ1) is 5.49. The molecule has 0 aromatic heterocycles. The molecule has 0 spiro atoms. The van der Waals surface area contributed by atoms with Crippen LogP contribution in [0.3, 0.4) is 0 Å². The van der Waals surface area contributed by atoms with E-state index in [2.05, 4.69) is 4.74 Å². The highest BCUT2D eigenvalue weighted by molar-refractivity contribution is 6.01. The molecule has 0 saturated carbocycles. The molecule has 1 heterocycles. The van der Waals surface area contributed by atoms with Crippen LogP contribution in [0, 0.1) is 0 Å². The number of hydrogen-bond acceptors (Lipinski definition) is 4. The first-order valence-corrected chi connectivity index (χ1v) is 3.33. The van der Waals surface area contributed by atoms with Crippen molar-refractivity contribution in [1.82, 2.24) is 4.90 Å². The summed E-state index contributed by atoms with van der Waals surface area (Å²) >= 11 is 0. The highest BCUT2D eigenvalue weighted by Gasteiger charge is 2.40. The van der Waals surface area contributed by atoms with Crippen LogP contribution in [0.2, 0.25) is 0 Å². The molecule has 66 valence electrons. The molecule has 0 saturated heterocycles. The molecule has 1 unspecified atom stereocenters. The van der Waals surface area contributed by atoms with Crippen LogP contribution in [0.5, 0.6) is 0 Å². The minimum atomic E-state index is -1.57. The summed E-state index contributed by atoms with van der Waals surface area (Å²) in [7, 11) is 1.14. The van der Waals surface area contributed by atoms with Crippen LogP contribution in [-0.4, -0.2) is 34.8 Å². The molecule has 12 heavy (non-hydrogen) atoms. The van der Waals surface area contributed by atoms with Crippen molar-refractivity contribution in [2.24, 2.45) is 0 Å². The van der Waals surface area contributed by atoms with Gasteiger partial charge in [-0.3, -0.25) is 4.79 Å². The van der Waals surface area contributed by atoms with E-state index < -0.39 is 17.7 Å². The zero-order valence-corrected chi connectivity index (χ0v) is 6.77. The average molecular weight is 171 g/mol. The molecule has 0 bridgehead atoms. The van der Waals surface area contributed by atoms with Crippen LogP contribution in [0.4, 0.5) is 4.79 Å². The molecule has 1 aliphatic rings. The van der Waals surface area contributed by atoms with E-state index in [-0.39, 0.29) is 0 Å². The molecule has 2 amide bonds. The number of imide groups is 1. The second kappa shape index (κ2) is 2.60. The Morgan fingerprint density at radius 3 is 2.67 bits per heavy atom. The molecule has 0 radical (unpaired) electrons. The van der Waals surface area contributed by atoms with Crippen LogP contribution < -0.4 is 0 Å². The third-order valence-corrected chi connectivity index (χ3v) is 1.57. The van der Waals surface area contributed by atoms with Crippen molar-refractivity contribution in [1.29, 1.82) is 0 Å². The lowest BCUT2D eigenvalue weighted by molar-refractivity contribution is -0.134.